The molecule has 1 saturated heterocycles. The van der Waals surface area contributed by atoms with Gasteiger partial charge in [-0.25, -0.2) is 0 Å². The third kappa shape index (κ3) is 4.18. The first-order valence-electron chi connectivity index (χ1n) is 7.89. The number of ether oxygens (including phenoxy) is 1. The first kappa shape index (κ1) is 15.7. The molecule has 6 heteroatoms. The van der Waals surface area contributed by atoms with Gasteiger partial charge in [-0.15, -0.1) is 0 Å². The smallest absolute Gasteiger partial charge is 0.224 e. The molecule has 1 amide bonds. The fourth-order valence-electron chi connectivity index (χ4n) is 2.81. The van der Waals surface area contributed by atoms with Gasteiger partial charge < -0.3 is 15.4 Å². The van der Waals surface area contributed by atoms with E-state index in [1.807, 2.05) is 52.2 Å². The predicted molar refractivity (Wildman–Crippen MR) is 86.5 cm³/mol. The highest BCUT2D eigenvalue weighted by molar-refractivity contribution is 5.77. The summed E-state index contributed by atoms with van der Waals surface area (Å²) < 4.78 is 7.56. The van der Waals surface area contributed by atoms with E-state index in [0.717, 1.165) is 5.56 Å². The zero-order chi connectivity index (χ0) is 16.1. The van der Waals surface area contributed by atoms with Crippen molar-refractivity contribution in [3.63, 3.8) is 0 Å². The van der Waals surface area contributed by atoms with Crippen molar-refractivity contribution in [3.8, 4) is 0 Å². The standard InChI is InChI=1S/C17H22N4O2/c18-16(14-5-2-1-3-6-14)11-17(22)20-9-10-23-15(12-20)13-21-8-4-7-19-21/h1-8,15-16H,9-13,18H2. The van der Waals surface area contributed by atoms with Gasteiger partial charge in [0.25, 0.3) is 0 Å². The molecular formula is C17H22N4O2. The van der Waals surface area contributed by atoms with E-state index < -0.39 is 0 Å². The number of aromatic nitrogens is 2. The highest BCUT2D eigenvalue weighted by Crippen LogP contribution is 2.16. The fraction of sp³-hybridized carbons (Fsp3) is 0.412. The quantitative estimate of drug-likeness (QED) is 0.900. The Bertz CT molecular complexity index is 615. The molecular weight excluding hydrogens is 292 g/mol. The molecule has 2 aromatic rings. The molecule has 1 fully saturated rings. The maximum absolute atomic E-state index is 12.5. The Morgan fingerprint density at radius 2 is 2.17 bits per heavy atom. The average Bonchev–Trinajstić information content (AvgIpc) is 3.09. The third-order valence-electron chi connectivity index (χ3n) is 4.06. The topological polar surface area (TPSA) is 73.4 Å². The highest BCUT2D eigenvalue weighted by Gasteiger charge is 2.25. The van der Waals surface area contributed by atoms with Crippen LogP contribution in [0, 0.1) is 0 Å². The van der Waals surface area contributed by atoms with Gasteiger partial charge in [-0.1, -0.05) is 30.3 Å². The molecule has 6 nitrogen and oxygen atoms in total. The van der Waals surface area contributed by atoms with Crippen LogP contribution >= 0.6 is 0 Å². The summed E-state index contributed by atoms with van der Waals surface area (Å²) in [5.74, 6) is 0.0788. The third-order valence-corrected chi connectivity index (χ3v) is 4.06. The molecule has 0 radical (unpaired) electrons. The van der Waals surface area contributed by atoms with Gasteiger partial charge >= 0.3 is 0 Å². The minimum absolute atomic E-state index is 0.0273. The molecule has 2 atom stereocenters. The molecule has 23 heavy (non-hydrogen) atoms. The van der Waals surface area contributed by atoms with Gasteiger partial charge in [0, 0.05) is 37.9 Å². The van der Waals surface area contributed by atoms with E-state index in [-0.39, 0.29) is 18.1 Å². The Balaban J connectivity index is 1.54. The Hall–Kier alpha value is -2.18. The van der Waals surface area contributed by atoms with Crippen LogP contribution < -0.4 is 5.73 Å². The van der Waals surface area contributed by atoms with Gasteiger partial charge in [-0.05, 0) is 11.6 Å². The van der Waals surface area contributed by atoms with Crippen LogP contribution in [0.1, 0.15) is 18.0 Å². The number of carbonyl (C=O) groups is 1. The second kappa shape index (κ2) is 7.39. The minimum atomic E-state index is -0.267. The molecule has 0 bridgehead atoms. The number of nitrogens with two attached hydrogens (primary N) is 1. The van der Waals surface area contributed by atoms with Crippen LogP contribution in [0.25, 0.3) is 0 Å². The Labute approximate surface area is 135 Å². The zero-order valence-corrected chi connectivity index (χ0v) is 13.0. The van der Waals surface area contributed by atoms with Crippen LogP contribution in [0.5, 0.6) is 0 Å². The van der Waals surface area contributed by atoms with Crippen LogP contribution in [0.3, 0.4) is 0 Å². The highest BCUT2D eigenvalue weighted by atomic mass is 16.5. The second-order valence-corrected chi connectivity index (χ2v) is 5.78. The van der Waals surface area contributed by atoms with E-state index in [4.69, 9.17) is 10.5 Å². The zero-order valence-electron chi connectivity index (χ0n) is 13.0. The van der Waals surface area contributed by atoms with Crippen molar-refractivity contribution >= 4 is 5.91 Å². The Kier molecular flexibility index (Phi) is 5.05. The molecule has 0 saturated carbocycles. The van der Waals surface area contributed by atoms with Crippen molar-refractivity contribution in [2.24, 2.45) is 5.73 Å². The van der Waals surface area contributed by atoms with Crippen molar-refractivity contribution in [1.82, 2.24) is 14.7 Å². The minimum Gasteiger partial charge on any atom is -0.373 e. The monoisotopic (exact) mass is 314 g/mol. The molecule has 3 rings (SSSR count). The number of hydrogen-bond acceptors (Lipinski definition) is 4. The summed E-state index contributed by atoms with van der Waals surface area (Å²) in [6.07, 6.45) is 3.93. The van der Waals surface area contributed by atoms with Gasteiger partial charge in [-0.3, -0.25) is 9.48 Å². The number of hydrogen-bond donors (Lipinski definition) is 1. The lowest BCUT2D eigenvalue weighted by Crippen LogP contribution is -2.47. The van der Waals surface area contributed by atoms with E-state index in [1.165, 1.54) is 0 Å². The Morgan fingerprint density at radius 1 is 1.35 bits per heavy atom. The van der Waals surface area contributed by atoms with Gasteiger partial charge in [0.05, 0.1) is 19.3 Å². The van der Waals surface area contributed by atoms with Crippen LogP contribution in [-0.4, -0.2) is 46.4 Å². The summed E-state index contributed by atoms with van der Waals surface area (Å²) in [4.78, 5) is 14.3. The largest absolute Gasteiger partial charge is 0.373 e. The number of rotatable bonds is 5. The van der Waals surface area contributed by atoms with Crippen molar-refractivity contribution in [2.75, 3.05) is 19.7 Å². The maximum atomic E-state index is 12.5. The van der Waals surface area contributed by atoms with Crippen molar-refractivity contribution in [1.29, 1.82) is 0 Å². The van der Waals surface area contributed by atoms with Crippen molar-refractivity contribution < 1.29 is 9.53 Å². The summed E-state index contributed by atoms with van der Waals surface area (Å²) >= 11 is 0. The van der Waals surface area contributed by atoms with E-state index in [2.05, 4.69) is 5.10 Å². The molecule has 2 heterocycles. The van der Waals surface area contributed by atoms with E-state index in [1.54, 1.807) is 6.20 Å². The summed E-state index contributed by atoms with van der Waals surface area (Å²) in [7, 11) is 0. The first-order chi connectivity index (χ1) is 11.2. The molecule has 1 aromatic heterocycles. The Morgan fingerprint density at radius 3 is 2.91 bits per heavy atom. The van der Waals surface area contributed by atoms with E-state index in [0.29, 0.717) is 32.7 Å². The molecule has 1 aliphatic heterocycles. The molecule has 2 unspecified atom stereocenters. The normalized spacial score (nSPS) is 19.5. The SMILES string of the molecule is NC(CC(=O)N1CCOC(Cn2cccn2)C1)c1ccccc1. The number of amides is 1. The first-order valence-corrected chi connectivity index (χ1v) is 7.89. The molecule has 1 aliphatic rings. The molecule has 2 N–H and O–H groups in total. The number of morpholine rings is 1. The molecule has 122 valence electrons. The molecule has 0 spiro atoms. The summed E-state index contributed by atoms with van der Waals surface area (Å²) in [6, 6.07) is 11.3. The van der Waals surface area contributed by atoms with Gasteiger partial charge in [0.2, 0.25) is 5.91 Å². The molecule has 1 aromatic carbocycles. The van der Waals surface area contributed by atoms with Crippen molar-refractivity contribution in [3.05, 3.63) is 54.4 Å². The lowest BCUT2D eigenvalue weighted by atomic mass is 10.0. The molecule has 0 aliphatic carbocycles. The van der Waals surface area contributed by atoms with E-state index >= 15 is 0 Å². The lowest BCUT2D eigenvalue weighted by molar-refractivity contribution is -0.139. The maximum Gasteiger partial charge on any atom is 0.224 e. The predicted octanol–water partition coefficient (Wildman–Crippen LogP) is 1.20. The van der Waals surface area contributed by atoms with Gasteiger partial charge in [0.15, 0.2) is 0 Å². The number of benzene rings is 1. The second-order valence-electron chi connectivity index (χ2n) is 5.78. The van der Waals surface area contributed by atoms with Crippen LogP contribution in [0.4, 0.5) is 0 Å². The lowest BCUT2D eigenvalue weighted by Gasteiger charge is -2.33. The van der Waals surface area contributed by atoms with Gasteiger partial charge in [-0.2, -0.15) is 5.10 Å². The van der Waals surface area contributed by atoms with Crippen LogP contribution in [-0.2, 0) is 16.1 Å². The summed E-state index contributed by atoms with van der Waals surface area (Å²) in [6.45, 7) is 2.41. The summed E-state index contributed by atoms with van der Waals surface area (Å²) in [5, 5.41) is 4.18. The van der Waals surface area contributed by atoms with Crippen LogP contribution in [0.15, 0.2) is 48.8 Å². The van der Waals surface area contributed by atoms with Crippen LogP contribution in [0.2, 0.25) is 0 Å². The number of carbonyl (C=O) groups excluding carboxylic acids is 1. The van der Waals surface area contributed by atoms with Gasteiger partial charge in [0.1, 0.15) is 0 Å². The van der Waals surface area contributed by atoms with E-state index in [9.17, 15) is 4.79 Å². The van der Waals surface area contributed by atoms with Crippen molar-refractivity contribution in [2.45, 2.75) is 25.1 Å². The average molecular weight is 314 g/mol. The summed E-state index contributed by atoms with van der Waals surface area (Å²) in [5.41, 5.74) is 7.14. The number of nitrogens with zero attached hydrogens (tertiary/aromatic N) is 3. The fourth-order valence-corrected chi connectivity index (χ4v) is 2.81.